The maximum atomic E-state index is 12.7. The van der Waals surface area contributed by atoms with E-state index in [1.54, 1.807) is 12.1 Å². The van der Waals surface area contributed by atoms with Gasteiger partial charge in [-0.1, -0.05) is 12.5 Å². The number of benzene rings is 1. The van der Waals surface area contributed by atoms with Crippen LogP contribution in [0, 0.1) is 22.0 Å². The van der Waals surface area contributed by atoms with Gasteiger partial charge in [-0.25, -0.2) is 0 Å². The van der Waals surface area contributed by atoms with Crippen molar-refractivity contribution in [2.24, 2.45) is 17.6 Å². The van der Waals surface area contributed by atoms with Gasteiger partial charge in [-0.3, -0.25) is 14.9 Å². The Morgan fingerprint density at radius 2 is 1.88 bits per heavy atom. The highest BCUT2D eigenvalue weighted by atomic mass is 35.5. The molecule has 0 bridgehead atoms. The number of carbonyl (C=O) groups is 1. The van der Waals surface area contributed by atoms with Gasteiger partial charge in [-0.2, -0.15) is 0 Å². The highest BCUT2D eigenvalue weighted by Gasteiger charge is 2.35. The Morgan fingerprint density at radius 3 is 2.50 bits per heavy atom. The van der Waals surface area contributed by atoms with E-state index >= 15 is 0 Å². The molecule has 1 aliphatic carbocycles. The molecule has 1 aromatic rings. The molecule has 1 saturated carbocycles. The first kappa shape index (κ1) is 22.5. The Labute approximate surface area is 165 Å². The Morgan fingerprint density at radius 1 is 1.19 bits per heavy atom. The standard InChI is InChI=1S/C17H24N4O3.2ClH/c18-12-13-3-1-6-16(13)17(22)20-9-7-19(8-10-20)14-4-2-5-15(11-14)21(23)24;;/h2,4-5,11,13,16H,1,3,6-10,12,18H2;2*1H/t13-,16-;;/m1../s1. The number of carbonyl (C=O) groups excluding carboxylic acids is 1. The first-order chi connectivity index (χ1) is 11.6. The fourth-order valence-corrected chi connectivity index (χ4v) is 3.87. The molecular formula is C17H26Cl2N4O3. The second-order valence-electron chi connectivity index (χ2n) is 6.62. The van der Waals surface area contributed by atoms with Crippen molar-refractivity contribution < 1.29 is 9.72 Å². The molecule has 146 valence electrons. The summed E-state index contributed by atoms with van der Waals surface area (Å²) in [6, 6.07) is 6.68. The Bertz CT molecular complexity index is 624. The normalized spacial score (nSPS) is 22.3. The van der Waals surface area contributed by atoms with Crippen LogP contribution in [0.15, 0.2) is 24.3 Å². The van der Waals surface area contributed by atoms with E-state index in [4.69, 9.17) is 5.73 Å². The summed E-state index contributed by atoms with van der Waals surface area (Å²) in [5.41, 5.74) is 6.74. The first-order valence-corrected chi connectivity index (χ1v) is 8.58. The topological polar surface area (TPSA) is 92.7 Å². The highest BCUT2D eigenvalue weighted by molar-refractivity contribution is 5.85. The van der Waals surface area contributed by atoms with E-state index in [2.05, 4.69) is 4.90 Å². The zero-order valence-electron chi connectivity index (χ0n) is 14.6. The molecule has 0 aromatic heterocycles. The molecule has 7 nitrogen and oxygen atoms in total. The summed E-state index contributed by atoms with van der Waals surface area (Å²) in [4.78, 5) is 27.3. The van der Waals surface area contributed by atoms with Crippen LogP contribution in [0.2, 0.25) is 0 Å². The summed E-state index contributed by atoms with van der Waals surface area (Å²) in [6.45, 7) is 3.31. The predicted molar refractivity (Wildman–Crippen MR) is 106 cm³/mol. The van der Waals surface area contributed by atoms with Crippen molar-refractivity contribution in [2.45, 2.75) is 19.3 Å². The number of halogens is 2. The van der Waals surface area contributed by atoms with E-state index in [0.717, 1.165) is 24.9 Å². The van der Waals surface area contributed by atoms with Crippen molar-refractivity contribution in [3.05, 3.63) is 34.4 Å². The summed E-state index contributed by atoms with van der Waals surface area (Å²) in [7, 11) is 0. The average Bonchev–Trinajstić information content (AvgIpc) is 3.10. The Hall–Kier alpha value is -1.57. The van der Waals surface area contributed by atoms with Crippen molar-refractivity contribution in [2.75, 3.05) is 37.6 Å². The molecule has 26 heavy (non-hydrogen) atoms. The van der Waals surface area contributed by atoms with Crippen molar-refractivity contribution in [3.8, 4) is 0 Å². The number of anilines is 1. The lowest BCUT2D eigenvalue weighted by molar-refractivity contribution is -0.384. The Balaban J connectivity index is 0.00000169. The number of hydrogen-bond acceptors (Lipinski definition) is 5. The van der Waals surface area contributed by atoms with Gasteiger partial charge in [0.05, 0.1) is 4.92 Å². The van der Waals surface area contributed by atoms with Crippen LogP contribution >= 0.6 is 24.8 Å². The summed E-state index contributed by atoms with van der Waals surface area (Å²) in [5.74, 6) is 0.647. The number of nitrogens with zero attached hydrogens (tertiary/aromatic N) is 3. The predicted octanol–water partition coefficient (Wildman–Crippen LogP) is 2.46. The number of piperazine rings is 1. The van der Waals surface area contributed by atoms with Gasteiger partial charge in [0.2, 0.25) is 5.91 Å². The third-order valence-electron chi connectivity index (χ3n) is 5.28. The maximum absolute atomic E-state index is 12.7. The van der Waals surface area contributed by atoms with E-state index in [1.807, 2.05) is 11.0 Å². The second kappa shape index (κ2) is 9.94. The summed E-state index contributed by atoms with van der Waals surface area (Å²) in [5, 5.41) is 10.9. The molecule has 1 heterocycles. The van der Waals surface area contributed by atoms with Crippen LogP contribution in [0.4, 0.5) is 11.4 Å². The minimum absolute atomic E-state index is 0. The molecule has 3 rings (SSSR count). The SMILES string of the molecule is Cl.Cl.NC[C@H]1CCC[C@H]1C(=O)N1CCN(c2cccc([N+](=O)[O-])c2)CC1. The van der Waals surface area contributed by atoms with Crippen molar-refractivity contribution in [1.29, 1.82) is 0 Å². The molecule has 2 aliphatic rings. The van der Waals surface area contributed by atoms with Crippen LogP contribution in [0.3, 0.4) is 0 Å². The van der Waals surface area contributed by atoms with E-state index in [0.29, 0.717) is 38.6 Å². The van der Waals surface area contributed by atoms with Crippen LogP contribution < -0.4 is 10.6 Å². The molecule has 2 atom stereocenters. The molecule has 1 amide bonds. The molecule has 9 heteroatoms. The molecule has 0 unspecified atom stereocenters. The number of non-ortho nitro benzene ring substituents is 1. The third-order valence-corrected chi connectivity index (χ3v) is 5.28. The fraction of sp³-hybridized carbons (Fsp3) is 0.588. The van der Waals surface area contributed by atoms with Crippen LogP contribution in [0.5, 0.6) is 0 Å². The molecule has 2 N–H and O–H groups in total. The number of nitrogens with two attached hydrogens (primary N) is 1. The van der Waals surface area contributed by atoms with Gasteiger partial charge in [-0.05, 0) is 31.4 Å². The smallest absolute Gasteiger partial charge is 0.271 e. The molecular weight excluding hydrogens is 379 g/mol. The summed E-state index contributed by atoms with van der Waals surface area (Å²) >= 11 is 0. The van der Waals surface area contributed by atoms with E-state index in [-0.39, 0.29) is 47.2 Å². The van der Waals surface area contributed by atoms with Crippen molar-refractivity contribution >= 4 is 42.1 Å². The lowest BCUT2D eigenvalue weighted by atomic mass is 9.94. The van der Waals surface area contributed by atoms with Crippen LogP contribution in [0.1, 0.15) is 19.3 Å². The number of nitro groups is 1. The lowest BCUT2D eigenvalue weighted by Gasteiger charge is -2.37. The molecule has 1 aromatic carbocycles. The summed E-state index contributed by atoms with van der Waals surface area (Å²) < 4.78 is 0. The zero-order chi connectivity index (χ0) is 17.1. The minimum Gasteiger partial charge on any atom is -0.368 e. The van der Waals surface area contributed by atoms with Gasteiger partial charge in [0.15, 0.2) is 0 Å². The molecule has 0 spiro atoms. The third kappa shape index (κ3) is 4.78. The van der Waals surface area contributed by atoms with Gasteiger partial charge in [0.1, 0.15) is 0 Å². The van der Waals surface area contributed by atoms with Crippen LogP contribution in [-0.2, 0) is 4.79 Å². The maximum Gasteiger partial charge on any atom is 0.271 e. The van der Waals surface area contributed by atoms with E-state index in [1.165, 1.54) is 6.07 Å². The Kier molecular flexibility index (Phi) is 8.59. The van der Waals surface area contributed by atoms with Gasteiger partial charge in [0, 0.05) is 49.9 Å². The van der Waals surface area contributed by atoms with Gasteiger partial charge < -0.3 is 15.5 Å². The van der Waals surface area contributed by atoms with Gasteiger partial charge in [-0.15, -0.1) is 24.8 Å². The first-order valence-electron chi connectivity index (χ1n) is 8.58. The highest BCUT2D eigenvalue weighted by Crippen LogP contribution is 2.33. The summed E-state index contributed by atoms with van der Waals surface area (Å²) in [6.07, 6.45) is 3.10. The lowest BCUT2D eigenvalue weighted by Crippen LogP contribution is -2.51. The number of nitro benzene ring substituents is 1. The van der Waals surface area contributed by atoms with Gasteiger partial charge >= 0.3 is 0 Å². The number of rotatable bonds is 4. The fourth-order valence-electron chi connectivity index (χ4n) is 3.87. The zero-order valence-corrected chi connectivity index (χ0v) is 16.2. The van der Waals surface area contributed by atoms with Crippen LogP contribution in [-0.4, -0.2) is 48.5 Å². The quantitative estimate of drug-likeness (QED) is 0.614. The monoisotopic (exact) mass is 404 g/mol. The second-order valence-corrected chi connectivity index (χ2v) is 6.62. The van der Waals surface area contributed by atoms with E-state index in [9.17, 15) is 14.9 Å². The largest absolute Gasteiger partial charge is 0.368 e. The minimum atomic E-state index is -0.379. The number of amides is 1. The average molecular weight is 405 g/mol. The molecule has 1 aliphatic heterocycles. The van der Waals surface area contributed by atoms with Crippen LogP contribution in [0.25, 0.3) is 0 Å². The molecule has 0 radical (unpaired) electrons. The van der Waals surface area contributed by atoms with Crippen molar-refractivity contribution in [3.63, 3.8) is 0 Å². The van der Waals surface area contributed by atoms with Crippen molar-refractivity contribution in [1.82, 2.24) is 4.90 Å². The van der Waals surface area contributed by atoms with E-state index < -0.39 is 0 Å². The molecule has 2 fully saturated rings. The number of hydrogen-bond donors (Lipinski definition) is 1. The molecule has 1 saturated heterocycles. The van der Waals surface area contributed by atoms with Gasteiger partial charge in [0.25, 0.3) is 5.69 Å².